The SMILES string of the molecule is CCCCCCCCCCCCCCC(=O)NC(CC)(C(=O)O)S(C)=O. The molecule has 2 N–H and O–H groups in total. The molecule has 1 amide bonds. The van der Waals surface area contributed by atoms with Gasteiger partial charge in [0.2, 0.25) is 10.8 Å². The standard InChI is InChI=1S/C20H39NO4S/c1-4-6-7-8-9-10-11-12-13-14-15-16-17-18(22)21-20(5-2,19(23)24)26(3)25/h4-17H2,1-3H3,(H,21,22)(H,23,24). The summed E-state index contributed by atoms with van der Waals surface area (Å²) < 4.78 is 11.8. The van der Waals surface area contributed by atoms with Gasteiger partial charge in [0.05, 0.1) is 10.8 Å². The molecule has 0 aliphatic rings. The van der Waals surface area contributed by atoms with Gasteiger partial charge in [0.25, 0.3) is 0 Å². The molecule has 0 heterocycles. The van der Waals surface area contributed by atoms with Gasteiger partial charge in [-0.2, -0.15) is 0 Å². The number of amides is 1. The van der Waals surface area contributed by atoms with Gasteiger partial charge in [0.15, 0.2) is 0 Å². The molecular formula is C20H39NO4S. The molecule has 0 fully saturated rings. The van der Waals surface area contributed by atoms with Crippen molar-refractivity contribution in [3.63, 3.8) is 0 Å². The molecule has 0 aliphatic heterocycles. The molecule has 0 saturated heterocycles. The highest BCUT2D eigenvalue weighted by molar-refractivity contribution is 7.86. The van der Waals surface area contributed by atoms with Gasteiger partial charge in [0, 0.05) is 12.7 Å². The minimum atomic E-state index is -1.66. The number of nitrogens with one attached hydrogen (secondary N) is 1. The van der Waals surface area contributed by atoms with E-state index in [2.05, 4.69) is 12.2 Å². The molecule has 0 radical (unpaired) electrons. The number of carboxylic acids is 1. The minimum Gasteiger partial charge on any atom is -0.479 e. The van der Waals surface area contributed by atoms with Crippen LogP contribution in [0.1, 0.15) is 104 Å². The third kappa shape index (κ3) is 10.3. The average molecular weight is 390 g/mol. The quantitative estimate of drug-likeness (QED) is 0.351. The van der Waals surface area contributed by atoms with Crippen molar-refractivity contribution in [3.05, 3.63) is 0 Å². The van der Waals surface area contributed by atoms with Crippen LogP contribution >= 0.6 is 0 Å². The van der Waals surface area contributed by atoms with Gasteiger partial charge in [-0.15, -0.1) is 0 Å². The molecule has 154 valence electrons. The summed E-state index contributed by atoms with van der Waals surface area (Å²) in [5.74, 6) is -1.56. The van der Waals surface area contributed by atoms with E-state index in [4.69, 9.17) is 0 Å². The van der Waals surface area contributed by atoms with Crippen LogP contribution in [-0.2, 0) is 20.4 Å². The van der Waals surface area contributed by atoms with Crippen LogP contribution in [-0.4, -0.2) is 32.3 Å². The van der Waals surface area contributed by atoms with Crippen molar-refractivity contribution < 1.29 is 18.9 Å². The van der Waals surface area contributed by atoms with Crippen molar-refractivity contribution in [2.45, 2.75) is 109 Å². The van der Waals surface area contributed by atoms with Crippen molar-refractivity contribution in [2.24, 2.45) is 0 Å². The Labute approximate surface area is 162 Å². The lowest BCUT2D eigenvalue weighted by molar-refractivity contribution is -0.143. The third-order valence-corrected chi connectivity index (χ3v) is 6.48. The second-order valence-corrected chi connectivity index (χ2v) is 8.73. The third-order valence-electron chi connectivity index (χ3n) is 4.93. The smallest absolute Gasteiger partial charge is 0.342 e. The monoisotopic (exact) mass is 389 g/mol. The number of carboxylic acid groups (broad SMARTS) is 1. The molecule has 2 atom stereocenters. The number of carbonyl (C=O) groups is 2. The fourth-order valence-electron chi connectivity index (χ4n) is 3.11. The number of hydrogen-bond donors (Lipinski definition) is 2. The number of aliphatic carboxylic acids is 1. The summed E-state index contributed by atoms with van der Waals surface area (Å²) >= 11 is 0. The zero-order valence-electron chi connectivity index (χ0n) is 17.0. The van der Waals surface area contributed by atoms with E-state index in [9.17, 15) is 18.9 Å². The predicted octanol–water partition coefficient (Wildman–Crippen LogP) is 4.76. The van der Waals surface area contributed by atoms with E-state index < -0.39 is 21.6 Å². The minimum absolute atomic E-state index is 0.107. The zero-order valence-corrected chi connectivity index (χ0v) is 17.8. The summed E-state index contributed by atoms with van der Waals surface area (Å²) in [7, 11) is -1.66. The van der Waals surface area contributed by atoms with Gasteiger partial charge >= 0.3 is 5.97 Å². The molecule has 2 unspecified atom stereocenters. The first kappa shape index (κ1) is 25.1. The van der Waals surface area contributed by atoms with Crippen molar-refractivity contribution >= 4 is 22.7 Å². The Balaban J connectivity index is 3.74. The van der Waals surface area contributed by atoms with E-state index in [1.807, 2.05) is 0 Å². The number of unbranched alkanes of at least 4 members (excludes halogenated alkanes) is 11. The lowest BCUT2D eigenvalue weighted by Gasteiger charge is -2.26. The molecule has 0 spiro atoms. The van der Waals surface area contributed by atoms with Crippen molar-refractivity contribution in [1.82, 2.24) is 5.32 Å². The van der Waals surface area contributed by atoms with Crippen molar-refractivity contribution in [3.8, 4) is 0 Å². The van der Waals surface area contributed by atoms with Gasteiger partial charge in [0.1, 0.15) is 0 Å². The van der Waals surface area contributed by atoms with E-state index in [1.54, 1.807) is 6.92 Å². The maximum atomic E-state index is 12.0. The van der Waals surface area contributed by atoms with Crippen LogP contribution < -0.4 is 5.32 Å². The van der Waals surface area contributed by atoms with Crippen molar-refractivity contribution in [2.75, 3.05) is 6.26 Å². The summed E-state index contributed by atoms with van der Waals surface area (Å²) in [4.78, 5) is 21.7. The van der Waals surface area contributed by atoms with Crippen LogP contribution in [0.5, 0.6) is 0 Å². The molecule has 0 aromatic heterocycles. The molecule has 0 saturated carbocycles. The van der Waals surface area contributed by atoms with E-state index in [1.165, 1.54) is 64.0 Å². The lowest BCUT2D eigenvalue weighted by Crippen LogP contribution is -2.56. The summed E-state index contributed by atoms with van der Waals surface area (Å²) in [6.07, 6.45) is 16.4. The Hall–Kier alpha value is -0.910. The van der Waals surface area contributed by atoms with E-state index >= 15 is 0 Å². The molecular weight excluding hydrogens is 350 g/mol. The highest BCUT2D eigenvalue weighted by Crippen LogP contribution is 2.16. The molecule has 0 aromatic carbocycles. The number of carbonyl (C=O) groups excluding carboxylic acids is 1. The Morgan fingerprint density at radius 2 is 1.27 bits per heavy atom. The van der Waals surface area contributed by atoms with Crippen LogP contribution in [0.15, 0.2) is 0 Å². The fourth-order valence-corrected chi connectivity index (χ4v) is 4.02. The topological polar surface area (TPSA) is 83.5 Å². The predicted molar refractivity (Wildman–Crippen MR) is 109 cm³/mol. The molecule has 0 bridgehead atoms. The van der Waals surface area contributed by atoms with E-state index in [-0.39, 0.29) is 12.3 Å². The van der Waals surface area contributed by atoms with Gasteiger partial charge in [-0.05, 0) is 12.8 Å². The summed E-state index contributed by atoms with van der Waals surface area (Å²) in [6.45, 7) is 3.86. The molecule has 26 heavy (non-hydrogen) atoms. The number of rotatable bonds is 17. The lowest BCUT2D eigenvalue weighted by atomic mass is 10.0. The largest absolute Gasteiger partial charge is 0.479 e. The van der Waals surface area contributed by atoms with Gasteiger partial charge in [-0.1, -0.05) is 84.5 Å². The van der Waals surface area contributed by atoms with Crippen LogP contribution in [0.3, 0.4) is 0 Å². The van der Waals surface area contributed by atoms with Crippen molar-refractivity contribution in [1.29, 1.82) is 0 Å². The van der Waals surface area contributed by atoms with E-state index in [0.29, 0.717) is 6.42 Å². The Morgan fingerprint density at radius 1 is 0.846 bits per heavy atom. The first-order valence-electron chi connectivity index (χ1n) is 10.3. The molecule has 0 aromatic rings. The molecule has 0 aliphatic carbocycles. The van der Waals surface area contributed by atoms with Crippen LogP contribution in [0.4, 0.5) is 0 Å². The molecule has 6 heteroatoms. The summed E-state index contributed by atoms with van der Waals surface area (Å²) in [5, 5.41) is 11.8. The molecule has 0 rings (SSSR count). The normalized spacial score (nSPS) is 14.6. The van der Waals surface area contributed by atoms with Gasteiger partial charge in [-0.25, -0.2) is 4.79 Å². The second kappa shape index (κ2) is 15.2. The van der Waals surface area contributed by atoms with Crippen LogP contribution in [0.25, 0.3) is 0 Å². The van der Waals surface area contributed by atoms with Crippen LogP contribution in [0, 0.1) is 0 Å². The highest BCUT2D eigenvalue weighted by atomic mass is 32.2. The fraction of sp³-hybridized carbons (Fsp3) is 0.900. The maximum absolute atomic E-state index is 12.0. The van der Waals surface area contributed by atoms with E-state index in [0.717, 1.165) is 19.3 Å². The Bertz CT molecular complexity index is 412. The number of hydrogen-bond acceptors (Lipinski definition) is 3. The molecule has 5 nitrogen and oxygen atoms in total. The maximum Gasteiger partial charge on any atom is 0.342 e. The highest BCUT2D eigenvalue weighted by Gasteiger charge is 2.42. The summed E-state index contributed by atoms with van der Waals surface area (Å²) in [6, 6.07) is 0. The average Bonchev–Trinajstić information content (AvgIpc) is 2.60. The first-order chi connectivity index (χ1) is 12.4. The Morgan fingerprint density at radius 3 is 1.62 bits per heavy atom. The Kier molecular flexibility index (Phi) is 14.6. The summed E-state index contributed by atoms with van der Waals surface area (Å²) in [5.41, 5.74) is 0. The van der Waals surface area contributed by atoms with Gasteiger partial charge < -0.3 is 10.4 Å². The van der Waals surface area contributed by atoms with Gasteiger partial charge in [-0.3, -0.25) is 9.00 Å². The first-order valence-corrected chi connectivity index (χ1v) is 11.8. The second-order valence-electron chi connectivity index (χ2n) is 7.13. The zero-order chi connectivity index (χ0) is 19.8. The van der Waals surface area contributed by atoms with Crippen LogP contribution in [0.2, 0.25) is 0 Å².